The molecular weight excluding hydrogens is 312 g/mol. The molecule has 0 radical (unpaired) electrons. The third kappa shape index (κ3) is 3.41. The van der Waals surface area contributed by atoms with Crippen LogP contribution in [-0.2, 0) is 16.1 Å². The molecule has 0 spiro atoms. The van der Waals surface area contributed by atoms with Gasteiger partial charge < -0.3 is 15.2 Å². The molecule has 0 aromatic heterocycles. The van der Waals surface area contributed by atoms with Crippen molar-refractivity contribution < 1.29 is 28.7 Å². The van der Waals surface area contributed by atoms with Crippen LogP contribution in [0.15, 0.2) is 30.3 Å². The van der Waals surface area contributed by atoms with E-state index in [1.165, 1.54) is 0 Å². The van der Waals surface area contributed by atoms with E-state index >= 15 is 0 Å². The molecule has 2 atom stereocenters. The van der Waals surface area contributed by atoms with E-state index in [4.69, 9.17) is 4.74 Å². The smallest absolute Gasteiger partial charge is 0.445 e. The van der Waals surface area contributed by atoms with Gasteiger partial charge in [0.05, 0.1) is 20.1 Å². The van der Waals surface area contributed by atoms with E-state index < -0.39 is 17.7 Å². The number of hydrogen-bond donors (Lipinski definition) is 2. The fourth-order valence-electron chi connectivity index (χ4n) is 3.07. The first-order chi connectivity index (χ1) is 11.3. The SMILES string of the molecule is C[C@]1(C(=O)CNC(=O)OCc2ccccc2)CCC[N+]1(C)C(=O)O. The van der Waals surface area contributed by atoms with E-state index in [0.717, 1.165) is 5.56 Å². The molecular formula is C17H23N2O5+. The third-order valence-electron chi connectivity index (χ3n) is 4.99. The molecule has 2 rings (SSSR count). The number of rotatable bonds is 5. The highest BCUT2D eigenvalue weighted by Gasteiger charge is 2.58. The first-order valence-corrected chi connectivity index (χ1v) is 7.86. The van der Waals surface area contributed by atoms with Crippen LogP contribution in [0.3, 0.4) is 0 Å². The lowest BCUT2D eigenvalue weighted by Crippen LogP contribution is -2.64. The van der Waals surface area contributed by atoms with E-state index in [1.54, 1.807) is 14.0 Å². The van der Waals surface area contributed by atoms with E-state index in [9.17, 15) is 19.5 Å². The fourth-order valence-corrected chi connectivity index (χ4v) is 3.07. The van der Waals surface area contributed by atoms with Gasteiger partial charge in [0, 0.05) is 12.8 Å². The van der Waals surface area contributed by atoms with Crippen LogP contribution in [-0.4, -0.2) is 53.2 Å². The molecule has 1 aliphatic rings. The average molecular weight is 335 g/mol. The number of quaternary nitrogens is 1. The number of nitrogens with one attached hydrogen (secondary N) is 1. The Morgan fingerprint density at radius 1 is 1.29 bits per heavy atom. The maximum Gasteiger partial charge on any atom is 0.514 e. The highest BCUT2D eigenvalue weighted by molar-refractivity contribution is 5.92. The highest BCUT2D eigenvalue weighted by atomic mass is 16.5. The fraction of sp³-hybridized carbons (Fsp3) is 0.471. The number of amides is 2. The van der Waals surface area contributed by atoms with Gasteiger partial charge in [-0.05, 0) is 12.5 Å². The van der Waals surface area contributed by atoms with Crippen molar-refractivity contribution in [3.63, 3.8) is 0 Å². The summed E-state index contributed by atoms with van der Waals surface area (Å²) in [6, 6.07) is 9.20. The summed E-state index contributed by atoms with van der Waals surface area (Å²) in [5.74, 6) is -0.304. The quantitative estimate of drug-likeness (QED) is 0.805. The van der Waals surface area contributed by atoms with Crippen molar-refractivity contribution in [2.45, 2.75) is 31.9 Å². The maximum atomic E-state index is 12.5. The van der Waals surface area contributed by atoms with E-state index in [0.29, 0.717) is 19.4 Å². The second kappa shape index (κ2) is 7.00. The topological polar surface area (TPSA) is 92.7 Å². The maximum absolute atomic E-state index is 12.5. The van der Waals surface area contributed by atoms with Crippen LogP contribution in [0, 0.1) is 0 Å². The van der Waals surface area contributed by atoms with Gasteiger partial charge in [0.1, 0.15) is 6.61 Å². The minimum atomic E-state index is -1.04. The summed E-state index contributed by atoms with van der Waals surface area (Å²) in [4.78, 5) is 35.8. The number of carboxylic acid groups (broad SMARTS) is 1. The van der Waals surface area contributed by atoms with Crippen LogP contribution in [0.1, 0.15) is 25.3 Å². The molecule has 0 saturated carbocycles. The largest absolute Gasteiger partial charge is 0.514 e. The summed E-state index contributed by atoms with van der Waals surface area (Å²) >= 11 is 0. The Hall–Kier alpha value is -2.41. The molecule has 0 bridgehead atoms. The Morgan fingerprint density at radius 3 is 2.58 bits per heavy atom. The second-order valence-corrected chi connectivity index (χ2v) is 6.41. The Morgan fingerprint density at radius 2 is 1.96 bits per heavy atom. The molecule has 1 heterocycles. The van der Waals surface area contributed by atoms with Gasteiger partial charge >= 0.3 is 12.2 Å². The number of carbonyl (C=O) groups excluding carboxylic acids is 2. The molecule has 24 heavy (non-hydrogen) atoms. The van der Waals surface area contributed by atoms with Gasteiger partial charge in [-0.3, -0.25) is 4.79 Å². The molecule has 1 saturated heterocycles. The lowest BCUT2D eigenvalue weighted by Gasteiger charge is -2.37. The van der Waals surface area contributed by atoms with Gasteiger partial charge in [-0.25, -0.2) is 9.28 Å². The number of carbonyl (C=O) groups is 3. The molecule has 1 aliphatic heterocycles. The van der Waals surface area contributed by atoms with Crippen molar-refractivity contribution in [2.75, 3.05) is 20.1 Å². The zero-order valence-corrected chi connectivity index (χ0v) is 13.9. The lowest BCUT2D eigenvalue weighted by molar-refractivity contribution is -0.864. The summed E-state index contributed by atoms with van der Waals surface area (Å²) in [6.07, 6.45) is -0.591. The Bertz CT molecular complexity index is 633. The number of nitrogens with zero attached hydrogens (tertiary/aromatic N) is 1. The van der Waals surface area contributed by atoms with Crippen LogP contribution in [0.25, 0.3) is 0 Å². The summed E-state index contributed by atoms with van der Waals surface area (Å²) in [5, 5.41) is 11.9. The van der Waals surface area contributed by atoms with Gasteiger partial charge in [-0.1, -0.05) is 30.3 Å². The number of benzene rings is 1. The van der Waals surface area contributed by atoms with Gasteiger partial charge in [-0.15, -0.1) is 0 Å². The Kier molecular flexibility index (Phi) is 5.23. The lowest BCUT2D eigenvalue weighted by atomic mass is 9.91. The molecule has 1 aromatic rings. The number of hydrogen-bond acceptors (Lipinski definition) is 4. The average Bonchev–Trinajstić information content (AvgIpc) is 2.89. The number of ether oxygens (including phenoxy) is 1. The normalized spacial score (nSPS) is 25.9. The third-order valence-corrected chi connectivity index (χ3v) is 4.99. The van der Waals surface area contributed by atoms with Crippen molar-refractivity contribution in [2.24, 2.45) is 0 Å². The predicted octanol–water partition coefficient (Wildman–Crippen LogP) is 2.16. The molecule has 1 unspecified atom stereocenters. The van der Waals surface area contributed by atoms with Gasteiger partial charge in [0.15, 0.2) is 5.54 Å². The summed E-state index contributed by atoms with van der Waals surface area (Å²) in [7, 11) is 1.54. The molecule has 1 aromatic carbocycles. The molecule has 2 N–H and O–H groups in total. The summed E-state index contributed by atoms with van der Waals surface area (Å²) in [5.41, 5.74) is -0.199. The van der Waals surface area contributed by atoms with E-state index in [2.05, 4.69) is 5.32 Å². The first kappa shape index (κ1) is 17.9. The van der Waals surface area contributed by atoms with Crippen LogP contribution < -0.4 is 5.32 Å². The number of likely N-dealkylation sites (tertiary alicyclic amines) is 1. The monoisotopic (exact) mass is 335 g/mol. The van der Waals surface area contributed by atoms with Gasteiger partial charge in [0.25, 0.3) is 0 Å². The Balaban J connectivity index is 1.88. The number of likely N-dealkylation sites (N-methyl/N-ethyl adjacent to an activating group) is 1. The highest BCUT2D eigenvalue weighted by Crippen LogP contribution is 2.36. The molecule has 0 aliphatic carbocycles. The molecule has 2 amide bonds. The molecule has 130 valence electrons. The number of alkyl carbamates (subject to hydrolysis) is 1. The summed E-state index contributed by atoms with van der Waals surface area (Å²) < 4.78 is 4.70. The van der Waals surface area contributed by atoms with Crippen LogP contribution in [0.2, 0.25) is 0 Å². The predicted molar refractivity (Wildman–Crippen MR) is 86.4 cm³/mol. The Labute approximate surface area is 140 Å². The van der Waals surface area contributed by atoms with Crippen LogP contribution in [0.5, 0.6) is 0 Å². The molecule has 1 fully saturated rings. The van der Waals surface area contributed by atoms with E-state index in [-0.39, 0.29) is 23.4 Å². The van der Waals surface area contributed by atoms with Gasteiger partial charge in [-0.2, -0.15) is 4.79 Å². The standard InChI is InChI=1S/C17H22N2O5/c1-17(9-6-10-19(17,2)16(22)23)14(20)11-18-15(21)24-12-13-7-4-3-5-8-13/h3-5,7-8H,6,9-12H2,1-2H3,(H-,18,21,22,23)/p+1/t17-,19?/m1/s1. The molecule has 7 nitrogen and oxygen atoms in total. The molecule has 7 heteroatoms. The van der Waals surface area contributed by atoms with Crippen molar-refractivity contribution in [3.05, 3.63) is 35.9 Å². The zero-order chi connectivity index (χ0) is 17.8. The number of ketones is 1. The van der Waals surface area contributed by atoms with Crippen molar-refractivity contribution in [1.82, 2.24) is 5.32 Å². The number of Topliss-reactive ketones (excluding diaryl/α,β-unsaturated/α-hetero) is 1. The van der Waals surface area contributed by atoms with Gasteiger partial charge in [0.2, 0.25) is 5.78 Å². The summed E-state index contributed by atoms with van der Waals surface area (Å²) in [6.45, 7) is 1.91. The minimum absolute atomic E-state index is 0.112. The second-order valence-electron chi connectivity index (χ2n) is 6.41. The van der Waals surface area contributed by atoms with Crippen molar-refractivity contribution in [1.29, 1.82) is 0 Å². The first-order valence-electron chi connectivity index (χ1n) is 7.86. The van der Waals surface area contributed by atoms with E-state index in [1.807, 2.05) is 30.3 Å². The van der Waals surface area contributed by atoms with Crippen molar-refractivity contribution >= 4 is 18.0 Å². The van der Waals surface area contributed by atoms with Crippen LogP contribution in [0.4, 0.5) is 9.59 Å². The van der Waals surface area contributed by atoms with Crippen molar-refractivity contribution in [3.8, 4) is 0 Å². The zero-order valence-electron chi connectivity index (χ0n) is 13.9. The van der Waals surface area contributed by atoms with Crippen LogP contribution >= 0.6 is 0 Å². The minimum Gasteiger partial charge on any atom is -0.445 e.